The summed E-state index contributed by atoms with van der Waals surface area (Å²) in [5, 5.41) is 11.2. The molecule has 2 aromatic rings. The zero-order valence-corrected chi connectivity index (χ0v) is 11.0. The number of nitro groups is 1. The quantitative estimate of drug-likeness (QED) is 0.639. The van der Waals surface area contributed by atoms with Gasteiger partial charge in [0.1, 0.15) is 0 Å². The Morgan fingerprint density at radius 3 is 2.76 bits per heavy atom. The molecule has 0 unspecified atom stereocenters. The summed E-state index contributed by atoms with van der Waals surface area (Å²) in [7, 11) is 0. The summed E-state index contributed by atoms with van der Waals surface area (Å²) >= 11 is 0. The van der Waals surface area contributed by atoms with Crippen LogP contribution in [0.25, 0.3) is 0 Å². The van der Waals surface area contributed by atoms with E-state index in [1.807, 2.05) is 0 Å². The zero-order chi connectivity index (χ0) is 14.8. The van der Waals surface area contributed by atoms with Crippen LogP contribution >= 0.6 is 0 Å². The van der Waals surface area contributed by atoms with E-state index in [0.29, 0.717) is 19.6 Å². The Kier molecular flexibility index (Phi) is 3.53. The number of nitro benzene ring substituents is 1. The third-order valence-corrected chi connectivity index (χ3v) is 3.31. The smallest absolute Gasteiger partial charge is 0.311 e. The van der Waals surface area contributed by atoms with Crippen LogP contribution in [0.4, 0.5) is 10.1 Å². The molecule has 0 aliphatic carbocycles. The van der Waals surface area contributed by atoms with Crippen molar-refractivity contribution in [3.05, 3.63) is 63.5 Å². The lowest BCUT2D eigenvalue weighted by Crippen LogP contribution is -2.10. The molecule has 108 valence electrons. The molecule has 3 rings (SSSR count). The second kappa shape index (κ2) is 5.49. The topological polar surface area (TPSA) is 61.6 Å². The van der Waals surface area contributed by atoms with Crippen LogP contribution in [0.3, 0.4) is 0 Å². The number of hydrogen-bond donors (Lipinski definition) is 0. The molecule has 1 heterocycles. The highest BCUT2D eigenvalue weighted by Gasteiger charge is 2.22. The standard InChI is InChI=1S/C15H12FNO4/c16-12-3-1-2-4-14(12)21-15-8-10-5-6-20-9-11(10)7-13(15)17(18)19/h1-4,7-8H,5-6,9H2. The number of ether oxygens (including phenoxy) is 2. The van der Waals surface area contributed by atoms with Crippen LogP contribution in [-0.4, -0.2) is 11.5 Å². The van der Waals surface area contributed by atoms with E-state index in [1.54, 1.807) is 12.1 Å². The molecule has 21 heavy (non-hydrogen) atoms. The normalized spacial score (nSPS) is 13.6. The minimum atomic E-state index is -0.562. The van der Waals surface area contributed by atoms with Gasteiger partial charge in [0.15, 0.2) is 11.6 Å². The van der Waals surface area contributed by atoms with Gasteiger partial charge in [0.05, 0.1) is 18.1 Å². The number of hydrogen-bond acceptors (Lipinski definition) is 4. The van der Waals surface area contributed by atoms with Crippen molar-refractivity contribution in [2.45, 2.75) is 13.0 Å². The van der Waals surface area contributed by atoms with Gasteiger partial charge < -0.3 is 9.47 Å². The molecule has 0 N–H and O–H groups in total. The summed E-state index contributed by atoms with van der Waals surface area (Å²) < 4.78 is 24.3. The lowest BCUT2D eigenvalue weighted by Gasteiger charge is -2.17. The van der Waals surface area contributed by atoms with Crippen molar-refractivity contribution < 1.29 is 18.8 Å². The first-order chi connectivity index (χ1) is 10.1. The first-order valence-corrected chi connectivity index (χ1v) is 6.45. The minimum absolute atomic E-state index is 0.0346. The van der Waals surface area contributed by atoms with Gasteiger partial charge in [-0.05, 0) is 35.7 Å². The van der Waals surface area contributed by atoms with E-state index >= 15 is 0 Å². The molecule has 0 aromatic heterocycles. The number of para-hydroxylation sites is 1. The molecular weight excluding hydrogens is 277 g/mol. The Hall–Kier alpha value is -2.47. The molecule has 0 spiro atoms. The Morgan fingerprint density at radius 2 is 2.00 bits per heavy atom. The van der Waals surface area contributed by atoms with Gasteiger partial charge in [-0.15, -0.1) is 0 Å². The van der Waals surface area contributed by atoms with Crippen LogP contribution in [0, 0.1) is 15.9 Å². The van der Waals surface area contributed by atoms with Crippen molar-refractivity contribution in [1.29, 1.82) is 0 Å². The summed E-state index contributed by atoms with van der Waals surface area (Å²) in [4.78, 5) is 10.6. The van der Waals surface area contributed by atoms with Crippen LogP contribution in [0.15, 0.2) is 36.4 Å². The third kappa shape index (κ3) is 2.71. The highest BCUT2D eigenvalue weighted by atomic mass is 19.1. The van der Waals surface area contributed by atoms with E-state index in [4.69, 9.17) is 9.47 Å². The van der Waals surface area contributed by atoms with Crippen molar-refractivity contribution in [3.63, 3.8) is 0 Å². The predicted octanol–water partition coefficient (Wildman–Crippen LogP) is 3.60. The maximum Gasteiger partial charge on any atom is 0.311 e. The van der Waals surface area contributed by atoms with E-state index in [9.17, 15) is 14.5 Å². The van der Waals surface area contributed by atoms with E-state index in [0.717, 1.165) is 11.1 Å². The van der Waals surface area contributed by atoms with Gasteiger partial charge in [-0.25, -0.2) is 4.39 Å². The van der Waals surface area contributed by atoms with Gasteiger partial charge in [-0.2, -0.15) is 0 Å². The van der Waals surface area contributed by atoms with Gasteiger partial charge in [0.25, 0.3) is 0 Å². The fraction of sp³-hybridized carbons (Fsp3) is 0.200. The van der Waals surface area contributed by atoms with Crippen LogP contribution in [0.5, 0.6) is 11.5 Å². The average Bonchev–Trinajstić information content (AvgIpc) is 2.48. The average molecular weight is 289 g/mol. The summed E-state index contributed by atoms with van der Waals surface area (Å²) in [6, 6.07) is 8.85. The maximum absolute atomic E-state index is 13.6. The van der Waals surface area contributed by atoms with Crippen molar-refractivity contribution in [2.75, 3.05) is 6.61 Å². The van der Waals surface area contributed by atoms with E-state index < -0.39 is 10.7 Å². The predicted molar refractivity (Wildman–Crippen MR) is 72.9 cm³/mol. The molecule has 0 radical (unpaired) electrons. The Labute approximate surface area is 120 Å². The molecule has 0 fully saturated rings. The monoisotopic (exact) mass is 289 g/mol. The summed E-state index contributed by atoms with van der Waals surface area (Å²) in [5.74, 6) is -0.550. The van der Waals surface area contributed by atoms with E-state index in [-0.39, 0.29) is 17.2 Å². The maximum atomic E-state index is 13.6. The lowest BCUT2D eigenvalue weighted by molar-refractivity contribution is -0.385. The van der Waals surface area contributed by atoms with Gasteiger partial charge in [0, 0.05) is 6.07 Å². The summed E-state index contributed by atoms with van der Waals surface area (Å²) in [6.07, 6.45) is 0.654. The largest absolute Gasteiger partial charge is 0.447 e. The molecule has 6 heteroatoms. The Balaban J connectivity index is 2.04. The van der Waals surface area contributed by atoms with Gasteiger partial charge >= 0.3 is 5.69 Å². The fourth-order valence-electron chi connectivity index (χ4n) is 2.26. The Morgan fingerprint density at radius 1 is 1.19 bits per heavy atom. The molecule has 0 saturated heterocycles. The van der Waals surface area contributed by atoms with Crippen molar-refractivity contribution in [1.82, 2.24) is 0 Å². The highest BCUT2D eigenvalue weighted by Crippen LogP contribution is 2.36. The van der Waals surface area contributed by atoms with E-state index in [2.05, 4.69) is 0 Å². The van der Waals surface area contributed by atoms with Crippen molar-refractivity contribution >= 4 is 5.69 Å². The van der Waals surface area contributed by atoms with Crippen molar-refractivity contribution in [2.24, 2.45) is 0 Å². The molecule has 0 bridgehead atoms. The number of fused-ring (bicyclic) bond motifs is 1. The van der Waals surface area contributed by atoms with Gasteiger partial charge in [-0.3, -0.25) is 10.1 Å². The molecule has 0 saturated carbocycles. The first-order valence-electron chi connectivity index (χ1n) is 6.45. The van der Waals surface area contributed by atoms with Gasteiger partial charge in [0.2, 0.25) is 5.75 Å². The molecule has 0 amide bonds. The summed E-state index contributed by atoms with van der Waals surface area (Å²) in [5.41, 5.74) is 1.51. The fourth-order valence-corrected chi connectivity index (χ4v) is 2.26. The molecule has 1 aliphatic heterocycles. The molecule has 0 atom stereocenters. The Bertz CT molecular complexity index is 702. The highest BCUT2D eigenvalue weighted by molar-refractivity contribution is 5.54. The van der Waals surface area contributed by atoms with Crippen LogP contribution < -0.4 is 4.74 Å². The number of halogens is 1. The second-order valence-corrected chi connectivity index (χ2v) is 4.68. The molecule has 5 nitrogen and oxygen atoms in total. The number of benzene rings is 2. The zero-order valence-electron chi connectivity index (χ0n) is 11.0. The second-order valence-electron chi connectivity index (χ2n) is 4.68. The van der Waals surface area contributed by atoms with Crippen LogP contribution in [-0.2, 0) is 17.8 Å². The summed E-state index contributed by atoms with van der Waals surface area (Å²) in [6.45, 7) is 0.903. The first kappa shape index (κ1) is 13.5. The van der Waals surface area contributed by atoms with Crippen LogP contribution in [0.1, 0.15) is 11.1 Å². The SMILES string of the molecule is O=[N+]([O-])c1cc2c(cc1Oc1ccccc1F)CCOC2. The van der Waals surface area contributed by atoms with Gasteiger partial charge in [-0.1, -0.05) is 12.1 Å². The number of nitrogens with zero attached hydrogens (tertiary/aromatic N) is 1. The van der Waals surface area contributed by atoms with Crippen LogP contribution in [0.2, 0.25) is 0 Å². The minimum Gasteiger partial charge on any atom is -0.447 e. The molecule has 1 aliphatic rings. The van der Waals surface area contributed by atoms with E-state index in [1.165, 1.54) is 24.3 Å². The lowest BCUT2D eigenvalue weighted by atomic mass is 10.0. The molecule has 2 aromatic carbocycles. The molecular formula is C15H12FNO4. The van der Waals surface area contributed by atoms with Crippen molar-refractivity contribution in [3.8, 4) is 11.5 Å². The number of rotatable bonds is 3. The third-order valence-electron chi connectivity index (χ3n) is 3.31.